The lowest BCUT2D eigenvalue weighted by molar-refractivity contribution is 0.0680. The first-order chi connectivity index (χ1) is 14.5. The molecule has 1 atom stereocenters. The van der Waals surface area contributed by atoms with E-state index in [4.69, 9.17) is 4.74 Å². The van der Waals surface area contributed by atoms with Gasteiger partial charge in [0.2, 0.25) is 10.0 Å². The molecular formula is C23H28N2O4S. The van der Waals surface area contributed by atoms with Crippen molar-refractivity contribution in [2.24, 2.45) is 0 Å². The predicted molar refractivity (Wildman–Crippen MR) is 117 cm³/mol. The average Bonchev–Trinajstić information content (AvgIpc) is 3.03. The molecule has 1 unspecified atom stereocenters. The van der Waals surface area contributed by atoms with Crippen LogP contribution in [0.2, 0.25) is 0 Å². The number of nitrogens with one attached hydrogen (secondary N) is 1. The standard InChI is InChI=1S/C23H28N2O4S/c1-3-15-24-30(27,28)21-9-7-8-19(17-21)23(26)25-16-6-4-5-10-22(25)18-11-13-20(29-2)14-12-18/h3,7-9,11-14,17,22,24H,1,4-6,10,15-16H2,2H3. The van der Waals surface area contributed by atoms with Crippen LogP contribution in [0.15, 0.2) is 66.1 Å². The molecule has 0 radical (unpaired) electrons. The maximum absolute atomic E-state index is 13.4. The van der Waals surface area contributed by atoms with Crippen LogP contribution < -0.4 is 9.46 Å². The summed E-state index contributed by atoms with van der Waals surface area (Å²) >= 11 is 0. The van der Waals surface area contributed by atoms with Gasteiger partial charge in [-0.1, -0.05) is 37.1 Å². The van der Waals surface area contributed by atoms with Gasteiger partial charge in [-0.2, -0.15) is 0 Å². The number of sulfonamides is 1. The molecule has 3 rings (SSSR count). The highest BCUT2D eigenvalue weighted by Crippen LogP contribution is 2.32. The molecule has 0 saturated carbocycles. The van der Waals surface area contributed by atoms with Crippen molar-refractivity contribution in [3.8, 4) is 5.75 Å². The number of nitrogens with zero attached hydrogens (tertiary/aromatic N) is 1. The SMILES string of the molecule is C=CCNS(=O)(=O)c1cccc(C(=O)N2CCCCCC2c2ccc(OC)cc2)c1. The second kappa shape index (κ2) is 9.91. The second-order valence-corrected chi connectivity index (χ2v) is 9.07. The minimum atomic E-state index is -3.70. The first kappa shape index (κ1) is 22.1. The third-order valence-electron chi connectivity index (χ3n) is 5.32. The number of rotatable bonds is 7. The van der Waals surface area contributed by atoms with Gasteiger partial charge in [0.15, 0.2) is 0 Å². The first-order valence-corrected chi connectivity index (χ1v) is 11.6. The summed E-state index contributed by atoms with van der Waals surface area (Å²) in [5, 5.41) is 0. The summed E-state index contributed by atoms with van der Waals surface area (Å²) < 4.78 is 32.6. The van der Waals surface area contributed by atoms with Gasteiger partial charge in [-0.25, -0.2) is 13.1 Å². The third kappa shape index (κ3) is 5.09. The molecule has 1 aliphatic heterocycles. The summed E-state index contributed by atoms with van der Waals surface area (Å²) in [6.45, 7) is 4.30. The van der Waals surface area contributed by atoms with E-state index in [-0.39, 0.29) is 23.4 Å². The summed E-state index contributed by atoms with van der Waals surface area (Å²) in [5.41, 5.74) is 1.43. The zero-order valence-electron chi connectivity index (χ0n) is 17.2. The van der Waals surface area contributed by atoms with E-state index in [0.717, 1.165) is 37.0 Å². The van der Waals surface area contributed by atoms with Crippen molar-refractivity contribution in [1.29, 1.82) is 0 Å². The van der Waals surface area contributed by atoms with E-state index >= 15 is 0 Å². The summed E-state index contributed by atoms with van der Waals surface area (Å²) in [6, 6.07) is 14.0. The molecule has 0 aliphatic carbocycles. The van der Waals surface area contributed by atoms with E-state index < -0.39 is 10.0 Å². The van der Waals surface area contributed by atoms with Gasteiger partial charge in [0.25, 0.3) is 5.91 Å². The molecule has 2 aromatic carbocycles. The van der Waals surface area contributed by atoms with Crippen LogP contribution in [0, 0.1) is 0 Å². The molecule has 1 amide bonds. The lowest BCUT2D eigenvalue weighted by Crippen LogP contribution is -2.35. The van der Waals surface area contributed by atoms with Crippen molar-refractivity contribution in [3.05, 3.63) is 72.3 Å². The van der Waals surface area contributed by atoms with Crippen molar-refractivity contribution in [2.75, 3.05) is 20.2 Å². The maximum Gasteiger partial charge on any atom is 0.254 e. The van der Waals surface area contributed by atoms with Gasteiger partial charge in [0.1, 0.15) is 5.75 Å². The van der Waals surface area contributed by atoms with Crippen molar-refractivity contribution in [2.45, 2.75) is 36.6 Å². The zero-order chi connectivity index (χ0) is 21.6. The quantitative estimate of drug-likeness (QED) is 0.679. The van der Waals surface area contributed by atoms with Crippen molar-refractivity contribution in [1.82, 2.24) is 9.62 Å². The van der Waals surface area contributed by atoms with Crippen LogP contribution in [0.25, 0.3) is 0 Å². The molecule has 1 fully saturated rings. The maximum atomic E-state index is 13.4. The lowest BCUT2D eigenvalue weighted by Gasteiger charge is -2.31. The summed E-state index contributed by atoms with van der Waals surface area (Å²) in [5.74, 6) is 0.619. The van der Waals surface area contributed by atoms with E-state index in [1.807, 2.05) is 29.2 Å². The molecule has 1 N–H and O–H groups in total. The summed E-state index contributed by atoms with van der Waals surface area (Å²) in [6.07, 6.45) is 5.38. The van der Waals surface area contributed by atoms with Gasteiger partial charge in [-0.3, -0.25) is 4.79 Å². The highest BCUT2D eigenvalue weighted by Gasteiger charge is 2.28. The molecule has 0 spiro atoms. The monoisotopic (exact) mass is 428 g/mol. The molecule has 30 heavy (non-hydrogen) atoms. The minimum Gasteiger partial charge on any atom is -0.497 e. The highest BCUT2D eigenvalue weighted by atomic mass is 32.2. The van der Waals surface area contributed by atoms with Crippen molar-refractivity contribution >= 4 is 15.9 Å². The molecule has 160 valence electrons. The van der Waals surface area contributed by atoms with Crippen LogP contribution in [0.5, 0.6) is 5.75 Å². The Labute approximate surface area is 178 Å². The molecule has 1 saturated heterocycles. The number of hydrogen-bond acceptors (Lipinski definition) is 4. The Morgan fingerprint density at radius 3 is 2.67 bits per heavy atom. The number of benzene rings is 2. The van der Waals surface area contributed by atoms with E-state index in [9.17, 15) is 13.2 Å². The fraction of sp³-hybridized carbons (Fsp3) is 0.348. The largest absolute Gasteiger partial charge is 0.497 e. The Morgan fingerprint density at radius 1 is 1.20 bits per heavy atom. The first-order valence-electron chi connectivity index (χ1n) is 10.1. The molecule has 2 aromatic rings. The van der Waals surface area contributed by atoms with Crippen LogP contribution in [0.1, 0.15) is 47.6 Å². The van der Waals surface area contributed by atoms with Crippen molar-refractivity contribution in [3.63, 3.8) is 0 Å². The number of methoxy groups -OCH3 is 1. The molecule has 6 nitrogen and oxygen atoms in total. The number of amides is 1. The van der Waals surface area contributed by atoms with Crippen LogP contribution in [-0.4, -0.2) is 39.4 Å². The molecule has 1 aliphatic rings. The van der Waals surface area contributed by atoms with E-state index in [0.29, 0.717) is 12.1 Å². The van der Waals surface area contributed by atoms with Gasteiger partial charge < -0.3 is 9.64 Å². The Kier molecular flexibility index (Phi) is 7.29. The van der Waals surface area contributed by atoms with E-state index in [2.05, 4.69) is 11.3 Å². The Morgan fingerprint density at radius 2 is 1.97 bits per heavy atom. The fourth-order valence-electron chi connectivity index (χ4n) is 3.74. The third-order valence-corrected chi connectivity index (χ3v) is 6.74. The average molecular weight is 429 g/mol. The fourth-order valence-corrected chi connectivity index (χ4v) is 4.78. The van der Waals surface area contributed by atoms with Gasteiger partial charge in [0.05, 0.1) is 18.0 Å². The van der Waals surface area contributed by atoms with Gasteiger partial charge in [-0.15, -0.1) is 6.58 Å². The predicted octanol–water partition coefficient (Wildman–Crippen LogP) is 3.92. The van der Waals surface area contributed by atoms with Crippen LogP contribution in [-0.2, 0) is 10.0 Å². The number of carbonyl (C=O) groups is 1. The lowest BCUT2D eigenvalue weighted by atomic mass is 10.00. The smallest absolute Gasteiger partial charge is 0.254 e. The Hall–Kier alpha value is -2.64. The molecule has 0 aromatic heterocycles. The normalized spacial score (nSPS) is 17.2. The van der Waals surface area contributed by atoms with Gasteiger partial charge in [-0.05, 0) is 48.7 Å². The van der Waals surface area contributed by atoms with Crippen LogP contribution in [0.3, 0.4) is 0 Å². The Bertz CT molecular complexity index is 987. The summed E-state index contributed by atoms with van der Waals surface area (Å²) in [7, 11) is -2.07. The molecule has 1 heterocycles. The van der Waals surface area contributed by atoms with Gasteiger partial charge in [0, 0.05) is 18.7 Å². The summed E-state index contributed by atoms with van der Waals surface area (Å²) in [4.78, 5) is 15.4. The zero-order valence-corrected chi connectivity index (χ0v) is 18.0. The van der Waals surface area contributed by atoms with E-state index in [1.54, 1.807) is 19.2 Å². The van der Waals surface area contributed by atoms with Gasteiger partial charge >= 0.3 is 0 Å². The Balaban J connectivity index is 1.90. The molecule has 0 bridgehead atoms. The van der Waals surface area contributed by atoms with Crippen LogP contribution in [0.4, 0.5) is 0 Å². The van der Waals surface area contributed by atoms with E-state index in [1.165, 1.54) is 18.2 Å². The number of hydrogen-bond donors (Lipinski definition) is 1. The number of ether oxygens (including phenoxy) is 1. The highest BCUT2D eigenvalue weighted by molar-refractivity contribution is 7.89. The number of carbonyl (C=O) groups excluding carboxylic acids is 1. The topological polar surface area (TPSA) is 75.7 Å². The molecule has 7 heteroatoms. The molecular weight excluding hydrogens is 400 g/mol. The van der Waals surface area contributed by atoms with Crippen molar-refractivity contribution < 1.29 is 17.9 Å². The minimum absolute atomic E-state index is 0.0509. The second-order valence-electron chi connectivity index (χ2n) is 7.31. The van der Waals surface area contributed by atoms with Crippen LogP contribution >= 0.6 is 0 Å². The number of likely N-dealkylation sites (tertiary alicyclic amines) is 1.